The fraction of sp³-hybridized carbons (Fsp3) is 0.133. The lowest BCUT2D eigenvalue weighted by Gasteiger charge is -2.17. The van der Waals surface area contributed by atoms with Crippen molar-refractivity contribution in [3.8, 4) is 0 Å². The zero-order valence-corrected chi connectivity index (χ0v) is 10.8. The largest absolute Gasteiger partial charge is 0.389 e. The van der Waals surface area contributed by atoms with Crippen LogP contribution in [0.2, 0.25) is 0 Å². The van der Waals surface area contributed by atoms with E-state index in [1.165, 1.54) is 16.8 Å². The second-order valence-corrected chi connectivity index (χ2v) is 4.98. The quantitative estimate of drug-likeness (QED) is 0.836. The van der Waals surface area contributed by atoms with Gasteiger partial charge in [0.05, 0.1) is 0 Å². The summed E-state index contributed by atoms with van der Waals surface area (Å²) in [5.74, 6) is 0. The normalized spacial score (nSPS) is 13.4. The Morgan fingerprint density at radius 2 is 1.50 bits per heavy atom. The Kier molecular flexibility index (Phi) is 2.76. The van der Waals surface area contributed by atoms with Gasteiger partial charge in [-0.1, -0.05) is 36.5 Å². The molecule has 0 amide bonds. The summed E-state index contributed by atoms with van der Waals surface area (Å²) in [6, 6.07) is 16.7. The standard InChI is InChI=1S/C15H14N2S/c16-15(18)11-5-7-14(8-6-11)17-9-12-3-1-2-4-13(12)10-17/h1-8H,9-10H2,(H2,16,18). The average Bonchev–Trinajstić information content (AvgIpc) is 2.82. The maximum Gasteiger partial charge on any atom is 0.103 e. The second kappa shape index (κ2) is 4.42. The number of anilines is 1. The van der Waals surface area contributed by atoms with Gasteiger partial charge in [-0.3, -0.25) is 0 Å². The van der Waals surface area contributed by atoms with Crippen molar-refractivity contribution in [1.82, 2.24) is 0 Å². The maximum atomic E-state index is 5.60. The van der Waals surface area contributed by atoms with Crippen LogP contribution in [-0.4, -0.2) is 4.99 Å². The van der Waals surface area contributed by atoms with E-state index < -0.39 is 0 Å². The summed E-state index contributed by atoms with van der Waals surface area (Å²) in [7, 11) is 0. The van der Waals surface area contributed by atoms with E-state index in [1.807, 2.05) is 12.1 Å². The Balaban J connectivity index is 1.84. The zero-order valence-electron chi connectivity index (χ0n) is 9.97. The van der Waals surface area contributed by atoms with Crippen molar-refractivity contribution < 1.29 is 0 Å². The molecule has 0 aromatic heterocycles. The van der Waals surface area contributed by atoms with Crippen LogP contribution in [0.4, 0.5) is 5.69 Å². The van der Waals surface area contributed by atoms with Crippen molar-refractivity contribution in [3.05, 3.63) is 65.2 Å². The third-order valence-corrected chi connectivity index (χ3v) is 3.59. The van der Waals surface area contributed by atoms with Gasteiger partial charge in [-0.25, -0.2) is 0 Å². The van der Waals surface area contributed by atoms with Crippen molar-refractivity contribution in [3.63, 3.8) is 0 Å². The first kappa shape index (κ1) is 11.2. The lowest BCUT2D eigenvalue weighted by molar-refractivity contribution is 0.880. The molecule has 0 unspecified atom stereocenters. The Hall–Kier alpha value is -1.87. The predicted molar refractivity (Wildman–Crippen MR) is 78.7 cm³/mol. The molecule has 1 aliphatic heterocycles. The highest BCUT2D eigenvalue weighted by molar-refractivity contribution is 7.80. The van der Waals surface area contributed by atoms with Crippen LogP contribution in [0.5, 0.6) is 0 Å². The van der Waals surface area contributed by atoms with Gasteiger partial charge in [0.2, 0.25) is 0 Å². The van der Waals surface area contributed by atoms with Gasteiger partial charge in [-0.05, 0) is 35.4 Å². The number of fused-ring (bicyclic) bond motifs is 1. The van der Waals surface area contributed by atoms with E-state index in [0.29, 0.717) is 4.99 Å². The van der Waals surface area contributed by atoms with E-state index in [1.54, 1.807) is 0 Å². The molecule has 3 heteroatoms. The van der Waals surface area contributed by atoms with Gasteiger partial charge in [-0.15, -0.1) is 0 Å². The first-order valence-corrected chi connectivity index (χ1v) is 6.36. The van der Waals surface area contributed by atoms with Crippen molar-refractivity contribution in [1.29, 1.82) is 0 Å². The second-order valence-electron chi connectivity index (χ2n) is 4.54. The number of hydrogen-bond donors (Lipinski definition) is 1. The molecule has 0 aliphatic carbocycles. The van der Waals surface area contributed by atoms with Crippen molar-refractivity contribution in [2.75, 3.05) is 4.90 Å². The zero-order chi connectivity index (χ0) is 12.5. The highest BCUT2D eigenvalue weighted by Crippen LogP contribution is 2.27. The van der Waals surface area contributed by atoms with Gasteiger partial charge < -0.3 is 10.6 Å². The molecule has 0 bridgehead atoms. The summed E-state index contributed by atoms with van der Waals surface area (Å²) >= 11 is 4.96. The molecule has 3 rings (SSSR count). The molecule has 0 atom stereocenters. The summed E-state index contributed by atoms with van der Waals surface area (Å²) in [5.41, 5.74) is 10.6. The highest BCUT2D eigenvalue weighted by Gasteiger charge is 2.18. The number of nitrogens with two attached hydrogens (primary N) is 1. The number of nitrogens with zero attached hydrogens (tertiary/aromatic N) is 1. The third kappa shape index (κ3) is 1.97. The highest BCUT2D eigenvalue weighted by atomic mass is 32.1. The lowest BCUT2D eigenvalue weighted by atomic mass is 10.1. The molecule has 2 aromatic carbocycles. The Morgan fingerprint density at radius 3 is 2.00 bits per heavy atom. The smallest absolute Gasteiger partial charge is 0.103 e. The SMILES string of the molecule is NC(=S)c1ccc(N2Cc3ccccc3C2)cc1. The van der Waals surface area contributed by atoms with E-state index >= 15 is 0 Å². The molecule has 1 aliphatic rings. The van der Waals surface area contributed by atoms with Crippen LogP contribution in [0.1, 0.15) is 16.7 Å². The Morgan fingerprint density at radius 1 is 0.944 bits per heavy atom. The monoisotopic (exact) mass is 254 g/mol. The topological polar surface area (TPSA) is 29.3 Å². The molecular weight excluding hydrogens is 240 g/mol. The average molecular weight is 254 g/mol. The maximum absolute atomic E-state index is 5.60. The van der Waals surface area contributed by atoms with Crippen LogP contribution in [0.15, 0.2) is 48.5 Å². The van der Waals surface area contributed by atoms with Gasteiger partial charge in [0, 0.05) is 24.3 Å². The number of rotatable bonds is 2. The predicted octanol–water partition coefficient (Wildman–Crippen LogP) is 2.84. The van der Waals surface area contributed by atoms with Crippen molar-refractivity contribution in [2.24, 2.45) is 5.73 Å². The van der Waals surface area contributed by atoms with Gasteiger partial charge in [0.25, 0.3) is 0 Å². The molecule has 2 aromatic rings. The first-order chi connectivity index (χ1) is 8.74. The van der Waals surface area contributed by atoms with Crippen molar-refractivity contribution >= 4 is 22.9 Å². The van der Waals surface area contributed by atoms with Crippen LogP contribution in [0.25, 0.3) is 0 Å². The van der Waals surface area contributed by atoms with Crippen LogP contribution in [0.3, 0.4) is 0 Å². The molecule has 1 heterocycles. The molecule has 2 N–H and O–H groups in total. The summed E-state index contributed by atoms with van der Waals surface area (Å²) in [4.78, 5) is 2.81. The molecule has 18 heavy (non-hydrogen) atoms. The minimum absolute atomic E-state index is 0.450. The minimum Gasteiger partial charge on any atom is -0.389 e. The first-order valence-electron chi connectivity index (χ1n) is 5.95. The van der Waals surface area contributed by atoms with Gasteiger partial charge in [-0.2, -0.15) is 0 Å². The molecule has 2 nitrogen and oxygen atoms in total. The van der Waals surface area contributed by atoms with E-state index in [4.69, 9.17) is 18.0 Å². The molecule has 0 saturated carbocycles. The van der Waals surface area contributed by atoms with Gasteiger partial charge in [0.1, 0.15) is 4.99 Å². The van der Waals surface area contributed by atoms with Crippen LogP contribution in [0, 0.1) is 0 Å². The van der Waals surface area contributed by atoms with Crippen LogP contribution < -0.4 is 10.6 Å². The van der Waals surface area contributed by atoms with E-state index in [9.17, 15) is 0 Å². The van der Waals surface area contributed by atoms with Crippen LogP contribution >= 0.6 is 12.2 Å². The summed E-state index contributed by atoms with van der Waals surface area (Å²) in [6.07, 6.45) is 0. The van der Waals surface area contributed by atoms with E-state index in [-0.39, 0.29) is 0 Å². The molecule has 90 valence electrons. The molecule has 0 fully saturated rings. The van der Waals surface area contributed by atoms with Gasteiger partial charge in [0.15, 0.2) is 0 Å². The van der Waals surface area contributed by atoms with E-state index in [2.05, 4.69) is 41.3 Å². The summed E-state index contributed by atoms with van der Waals surface area (Å²) < 4.78 is 0. The Bertz CT molecular complexity index is 565. The number of benzene rings is 2. The molecular formula is C15H14N2S. The fourth-order valence-corrected chi connectivity index (χ4v) is 2.49. The van der Waals surface area contributed by atoms with Crippen molar-refractivity contribution in [2.45, 2.75) is 13.1 Å². The Labute approximate surface area is 112 Å². The summed E-state index contributed by atoms with van der Waals surface area (Å²) in [6.45, 7) is 1.95. The fourth-order valence-electron chi connectivity index (χ4n) is 2.35. The molecule has 0 spiro atoms. The van der Waals surface area contributed by atoms with Gasteiger partial charge >= 0.3 is 0 Å². The number of thiocarbonyl (C=S) groups is 1. The number of hydrogen-bond acceptors (Lipinski definition) is 2. The van der Waals surface area contributed by atoms with E-state index in [0.717, 1.165) is 18.7 Å². The van der Waals surface area contributed by atoms with Crippen LogP contribution in [-0.2, 0) is 13.1 Å². The summed E-state index contributed by atoms with van der Waals surface area (Å²) in [5, 5.41) is 0. The minimum atomic E-state index is 0.450. The molecule has 0 saturated heterocycles. The molecule has 0 radical (unpaired) electrons. The lowest BCUT2D eigenvalue weighted by Crippen LogP contribution is -2.15. The third-order valence-electron chi connectivity index (χ3n) is 3.36.